The SMILES string of the molecule is CCC(C)N1C(=O)CN(C)c2ccccc21. The van der Waals surface area contributed by atoms with Crippen molar-refractivity contribution in [3.63, 3.8) is 0 Å². The minimum Gasteiger partial charge on any atom is -0.364 e. The second kappa shape index (κ2) is 4.16. The van der Waals surface area contributed by atoms with E-state index >= 15 is 0 Å². The number of rotatable bonds is 2. The van der Waals surface area contributed by atoms with Crippen LogP contribution in [0.5, 0.6) is 0 Å². The third-order valence-corrected chi connectivity index (χ3v) is 3.23. The van der Waals surface area contributed by atoms with Gasteiger partial charge in [-0.1, -0.05) is 19.1 Å². The first-order chi connectivity index (χ1) is 7.65. The largest absolute Gasteiger partial charge is 0.364 e. The van der Waals surface area contributed by atoms with Gasteiger partial charge in [-0.2, -0.15) is 0 Å². The van der Waals surface area contributed by atoms with E-state index in [9.17, 15) is 4.79 Å². The predicted octanol–water partition coefficient (Wildman–Crippen LogP) is 2.27. The summed E-state index contributed by atoms with van der Waals surface area (Å²) in [7, 11) is 1.96. The number of hydrogen-bond donors (Lipinski definition) is 0. The lowest BCUT2D eigenvalue weighted by Crippen LogP contribution is -2.48. The second-order valence-electron chi connectivity index (χ2n) is 4.37. The Balaban J connectivity index is 2.47. The van der Waals surface area contributed by atoms with E-state index in [2.05, 4.69) is 19.9 Å². The standard InChI is InChI=1S/C13H18N2O/c1-4-10(2)15-12-8-6-5-7-11(12)14(3)9-13(15)16/h5-8,10H,4,9H2,1-3H3. The molecule has 1 unspecified atom stereocenters. The molecule has 0 saturated heterocycles. The molecule has 86 valence electrons. The summed E-state index contributed by atoms with van der Waals surface area (Å²) in [6, 6.07) is 8.36. The lowest BCUT2D eigenvalue weighted by Gasteiger charge is -2.38. The van der Waals surface area contributed by atoms with Gasteiger partial charge in [0.2, 0.25) is 5.91 Å². The zero-order chi connectivity index (χ0) is 11.7. The van der Waals surface area contributed by atoms with Gasteiger partial charge in [-0.05, 0) is 25.5 Å². The highest BCUT2D eigenvalue weighted by Crippen LogP contribution is 2.33. The van der Waals surface area contributed by atoms with Crippen molar-refractivity contribution in [2.75, 3.05) is 23.4 Å². The number of anilines is 2. The molecule has 3 heteroatoms. The smallest absolute Gasteiger partial charge is 0.246 e. The molecule has 0 fully saturated rings. The molecule has 0 spiro atoms. The number of benzene rings is 1. The predicted molar refractivity (Wildman–Crippen MR) is 67.0 cm³/mol. The molecular formula is C13H18N2O. The summed E-state index contributed by atoms with van der Waals surface area (Å²) < 4.78 is 0. The van der Waals surface area contributed by atoms with Crippen LogP contribution in [0.25, 0.3) is 0 Å². The Hall–Kier alpha value is -1.51. The van der Waals surface area contributed by atoms with Crippen molar-refractivity contribution in [3.05, 3.63) is 24.3 Å². The van der Waals surface area contributed by atoms with Crippen LogP contribution in [-0.2, 0) is 4.79 Å². The number of hydrogen-bond acceptors (Lipinski definition) is 2. The maximum absolute atomic E-state index is 12.1. The summed E-state index contributed by atoms with van der Waals surface area (Å²) in [5.41, 5.74) is 2.18. The van der Waals surface area contributed by atoms with Crippen LogP contribution in [0.3, 0.4) is 0 Å². The Morgan fingerprint density at radius 3 is 2.56 bits per heavy atom. The van der Waals surface area contributed by atoms with Crippen LogP contribution in [0.15, 0.2) is 24.3 Å². The van der Waals surface area contributed by atoms with E-state index in [1.807, 2.05) is 35.0 Å². The highest BCUT2D eigenvalue weighted by atomic mass is 16.2. The topological polar surface area (TPSA) is 23.6 Å². The van der Waals surface area contributed by atoms with E-state index in [-0.39, 0.29) is 11.9 Å². The molecular weight excluding hydrogens is 200 g/mol. The number of carbonyl (C=O) groups excluding carboxylic acids is 1. The van der Waals surface area contributed by atoms with E-state index in [4.69, 9.17) is 0 Å². The number of fused-ring (bicyclic) bond motifs is 1. The number of para-hydroxylation sites is 2. The Bertz CT molecular complexity index is 403. The summed E-state index contributed by atoms with van der Waals surface area (Å²) in [5, 5.41) is 0. The molecule has 0 aliphatic carbocycles. The summed E-state index contributed by atoms with van der Waals surface area (Å²) in [5.74, 6) is 0.190. The van der Waals surface area contributed by atoms with Crippen LogP contribution in [0, 0.1) is 0 Å². The molecule has 3 nitrogen and oxygen atoms in total. The summed E-state index contributed by atoms with van der Waals surface area (Å²) in [4.78, 5) is 16.0. The first-order valence-electron chi connectivity index (χ1n) is 5.77. The fourth-order valence-electron chi connectivity index (χ4n) is 2.16. The van der Waals surface area contributed by atoms with Gasteiger partial charge >= 0.3 is 0 Å². The molecule has 0 aromatic heterocycles. The maximum Gasteiger partial charge on any atom is 0.246 e. The van der Waals surface area contributed by atoms with Crippen LogP contribution in [0.1, 0.15) is 20.3 Å². The Morgan fingerprint density at radius 1 is 1.31 bits per heavy atom. The van der Waals surface area contributed by atoms with Gasteiger partial charge in [0, 0.05) is 13.1 Å². The fourth-order valence-corrected chi connectivity index (χ4v) is 2.16. The lowest BCUT2D eigenvalue weighted by atomic mass is 10.1. The van der Waals surface area contributed by atoms with Crippen molar-refractivity contribution < 1.29 is 4.79 Å². The summed E-state index contributed by atoms with van der Waals surface area (Å²) in [6.45, 7) is 4.68. The Kier molecular flexibility index (Phi) is 2.86. The second-order valence-corrected chi connectivity index (χ2v) is 4.37. The molecule has 0 N–H and O–H groups in total. The highest BCUT2D eigenvalue weighted by molar-refractivity contribution is 6.03. The average Bonchev–Trinajstić information content (AvgIpc) is 2.28. The normalized spacial score (nSPS) is 17.3. The van der Waals surface area contributed by atoms with Crippen LogP contribution in [0.2, 0.25) is 0 Å². The average molecular weight is 218 g/mol. The zero-order valence-corrected chi connectivity index (χ0v) is 10.1. The molecule has 1 aliphatic rings. The van der Waals surface area contributed by atoms with Gasteiger partial charge in [-0.15, -0.1) is 0 Å². The van der Waals surface area contributed by atoms with Gasteiger partial charge < -0.3 is 9.80 Å². The van der Waals surface area contributed by atoms with E-state index in [1.165, 1.54) is 0 Å². The summed E-state index contributed by atoms with van der Waals surface area (Å²) >= 11 is 0. The van der Waals surface area contributed by atoms with Gasteiger partial charge in [-0.25, -0.2) is 0 Å². The molecule has 16 heavy (non-hydrogen) atoms. The number of amides is 1. The fraction of sp³-hybridized carbons (Fsp3) is 0.462. The molecule has 2 rings (SSSR count). The Labute approximate surface area is 96.7 Å². The van der Waals surface area contributed by atoms with Gasteiger partial charge in [0.1, 0.15) is 0 Å². The van der Waals surface area contributed by atoms with Gasteiger partial charge in [0.25, 0.3) is 0 Å². The number of likely N-dealkylation sites (N-methyl/N-ethyl adjacent to an activating group) is 1. The van der Waals surface area contributed by atoms with Crippen molar-refractivity contribution in [2.24, 2.45) is 0 Å². The molecule has 0 bridgehead atoms. The zero-order valence-electron chi connectivity index (χ0n) is 10.1. The van der Waals surface area contributed by atoms with Crippen molar-refractivity contribution in [1.29, 1.82) is 0 Å². The van der Waals surface area contributed by atoms with E-state index in [0.29, 0.717) is 6.54 Å². The highest BCUT2D eigenvalue weighted by Gasteiger charge is 2.29. The van der Waals surface area contributed by atoms with Crippen LogP contribution < -0.4 is 9.80 Å². The van der Waals surface area contributed by atoms with E-state index in [1.54, 1.807) is 0 Å². The maximum atomic E-state index is 12.1. The summed E-state index contributed by atoms with van der Waals surface area (Å²) in [6.07, 6.45) is 0.976. The first kappa shape index (κ1) is 11.0. The monoisotopic (exact) mass is 218 g/mol. The molecule has 1 heterocycles. The van der Waals surface area contributed by atoms with Crippen molar-refractivity contribution >= 4 is 17.3 Å². The minimum absolute atomic E-state index is 0.190. The van der Waals surface area contributed by atoms with Crippen LogP contribution >= 0.6 is 0 Å². The lowest BCUT2D eigenvalue weighted by molar-refractivity contribution is -0.118. The number of carbonyl (C=O) groups is 1. The molecule has 1 aromatic carbocycles. The first-order valence-corrected chi connectivity index (χ1v) is 5.77. The Morgan fingerprint density at radius 2 is 1.94 bits per heavy atom. The third-order valence-electron chi connectivity index (χ3n) is 3.23. The molecule has 0 radical (unpaired) electrons. The van der Waals surface area contributed by atoms with E-state index in [0.717, 1.165) is 17.8 Å². The molecule has 1 atom stereocenters. The van der Waals surface area contributed by atoms with Crippen LogP contribution in [0.4, 0.5) is 11.4 Å². The van der Waals surface area contributed by atoms with Gasteiger partial charge in [0.15, 0.2) is 0 Å². The third kappa shape index (κ3) is 1.66. The number of nitrogens with zero attached hydrogens (tertiary/aromatic N) is 2. The quantitative estimate of drug-likeness (QED) is 0.760. The van der Waals surface area contributed by atoms with E-state index < -0.39 is 0 Å². The molecule has 1 aromatic rings. The van der Waals surface area contributed by atoms with Gasteiger partial charge in [0.05, 0.1) is 17.9 Å². The van der Waals surface area contributed by atoms with Crippen molar-refractivity contribution in [3.8, 4) is 0 Å². The molecule has 0 saturated carbocycles. The van der Waals surface area contributed by atoms with Crippen LogP contribution in [-0.4, -0.2) is 25.5 Å². The van der Waals surface area contributed by atoms with Crippen molar-refractivity contribution in [1.82, 2.24) is 0 Å². The van der Waals surface area contributed by atoms with Gasteiger partial charge in [-0.3, -0.25) is 4.79 Å². The molecule has 1 amide bonds. The molecule has 1 aliphatic heterocycles. The van der Waals surface area contributed by atoms with Crippen molar-refractivity contribution in [2.45, 2.75) is 26.3 Å². The minimum atomic E-state index is 0.190.